The molecule has 0 saturated heterocycles. The minimum absolute atomic E-state index is 0.149. The molecule has 13 nitrogen and oxygen atoms in total. The van der Waals surface area contributed by atoms with E-state index in [1.54, 1.807) is 41.6 Å². The number of imidazole rings is 1. The van der Waals surface area contributed by atoms with Crippen LogP contribution in [0.2, 0.25) is 0 Å². The topological polar surface area (TPSA) is 167 Å². The number of nitrogens with two attached hydrogens (primary N) is 1. The number of amides is 3. The molecule has 4 rings (SSSR count). The van der Waals surface area contributed by atoms with Crippen molar-refractivity contribution in [3.05, 3.63) is 70.8 Å². The van der Waals surface area contributed by atoms with Crippen LogP contribution < -0.4 is 26.5 Å². The highest BCUT2D eigenvalue weighted by atomic mass is 19.1. The number of carbonyl (C=O) groups excluding carboxylic acids is 3. The van der Waals surface area contributed by atoms with Crippen LogP contribution in [0, 0.1) is 12.7 Å². The second-order valence-electron chi connectivity index (χ2n) is 10.0. The SMILES string of the molecule is CCn1nc(C)cc1C(=O)Nc1nc2cc(C(N)=O)cc(OCCCOC)c2n1NCCCC(=O)NCc1ccc(F)cc1. The molecule has 5 N–H and O–H groups in total. The maximum atomic E-state index is 13.3. The van der Waals surface area contributed by atoms with Gasteiger partial charge >= 0.3 is 0 Å². The predicted molar refractivity (Wildman–Crippen MR) is 163 cm³/mol. The molecule has 14 heteroatoms. The first-order valence-corrected chi connectivity index (χ1v) is 14.3. The molecule has 0 atom stereocenters. The number of nitrogens with one attached hydrogen (secondary N) is 3. The third-order valence-corrected chi connectivity index (χ3v) is 6.66. The van der Waals surface area contributed by atoms with Gasteiger partial charge in [-0.1, -0.05) is 12.1 Å². The monoisotopic (exact) mass is 608 g/mol. The number of nitrogens with zero attached hydrogens (tertiary/aromatic N) is 4. The fraction of sp³-hybridized carbons (Fsp3) is 0.367. The molecule has 0 unspecified atom stereocenters. The molecule has 0 fully saturated rings. The molecule has 2 aromatic carbocycles. The average Bonchev–Trinajstić information content (AvgIpc) is 3.56. The van der Waals surface area contributed by atoms with E-state index in [0.29, 0.717) is 67.3 Å². The average molecular weight is 609 g/mol. The van der Waals surface area contributed by atoms with E-state index in [1.165, 1.54) is 24.3 Å². The number of carbonyl (C=O) groups is 3. The Morgan fingerprint density at radius 1 is 1.07 bits per heavy atom. The second-order valence-corrected chi connectivity index (χ2v) is 10.0. The Morgan fingerprint density at radius 2 is 1.84 bits per heavy atom. The van der Waals surface area contributed by atoms with Gasteiger partial charge in [0.2, 0.25) is 17.8 Å². The molecule has 3 amide bonds. The summed E-state index contributed by atoms with van der Waals surface area (Å²) in [5.41, 5.74) is 11.7. The minimum Gasteiger partial charge on any atom is -0.491 e. The largest absolute Gasteiger partial charge is 0.491 e. The van der Waals surface area contributed by atoms with Crippen molar-refractivity contribution in [3.63, 3.8) is 0 Å². The second kappa shape index (κ2) is 15.0. The number of primary amides is 1. The zero-order chi connectivity index (χ0) is 31.6. The van der Waals surface area contributed by atoms with Gasteiger partial charge in [-0.3, -0.25) is 24.4 Å². The minimum atomic E-state index is -0.657. The van der Waals surface area contributed by atoms with E-state index < -0.39 is 11.8 Å². The van der Waals surface area contributed by atoms with Crippen LogP contribution in [0.3, 0.4) is 0 Å². The Balaban J connectivity index is 1.56. The van der Waals surface area contributed by atoms with E-state index in [0.717, 1.165) is 5.56 Å². The molecule has 0 saturated carbocycles. The number of benzene rings is 2. The lowest BCUT2D eigenvalue weighted by molar-refractivity contribution is -0.121. The Kier molecular flexibility index (Phi) is 10.9. The third-order valence-electron chi connectivity index (χ3n) is 6.66. The number of fused-ring (bicyclic) bond motifs is 1. The van der Waals surface area contributed by atoms with E-state index in [-0.39, 0.29) is 36.2 Å². The summed E-state index contributed by atoms with van der Waals surface area (Å²) in [6.45, 7) is 5.56. The van der Waals surface area contributed by atoms with E-state index in [9.17, 15) is 18.8 Å². The standard InChI is InChI=1S/C30H37FN8O5/c1-4-38-24(15-19(2)37-38)29(42)36-30-35-23-16-21(28(32)41)17-25(44-14-6-13-43-3)27(23)39(30)34-12-5-7-26(40)33-18-20-8-10-22(31)11-9-20/h8-11,15-17,34H,4-7,12-14,18H2,1-3H3,(H2,32,41)(H,33,40)(H,35,36,42). The summed E-state index contributed by atoms with van der Waals surface area (Å²) in [4.78, 5) is 42.5. The number of hydrogen-bond acceptors (Lipinski definition) is 8. The Labute approximate surface area is 253 Å². The van der Waals surface area contributed by atoms with Crippen LogP contribution in [-0.2, 0) is 22.6 Å². The summed E-state index contributed by atoms with van der Waals surface area (Å²) in [5, 5.41) is 10.0. The van der Waals surface area contributed by atoms with Gasteiger partial charge < -0.3 is 25.9 Å². The number of aromatic nitrogens is 4. The van der Waals surface area contributed by atoms with E-state index in [4.69, 9.17) is 15.2 Å². The van der Waals surface area contributed by atoms with Gasteiger partial charge in [0, 0.05) is 51.8 Å². The van der Waals surface area contributed by atoms with Gasteiger partial charge in [-0.05, 0) is 56.2 Å². The normalized spacial score (nSPS) is 11.0. The number of aryl methyl sites for hydroxylation is 2. The van der Waals surface area contributed by atoms with Crippen molar-refractivity contribution >= 4 is 34.7 Å². The maximum absolute atomic E-state index is 13.3. The Hall–Kier alpha value is -4.98. The highest BCUT2D eigenvalue weighted by Crippen LogP contribution is 2.30. The van der Waals surface area contributed by atoms with Gasteiger partial charge in [-0.15, -0.1) is 0 Å². The van der Waals surface area contributed by atoms with Gasteiger partial charge in [0.25, 0.3) is 5.91 Å². The third kappa shape index (κ3) is 8.10. The summed E-state index contributed by atoms with van der Waals surface area (Å²) in [6, 6.07) is 10.7. The van der Waals surface area contributed by atoms with Crippen LogP contribution in [-0.4, -0.2) is 64.0 Å². The molecule has 2 aromatic heterocycles. The smallest absolute Gasteiger partial charge is 0.276 e. The Bertz CT molecular complexity index is 1620. The predicted octanol–water partition coefficient (Wildman–Crippen LogP) is 3.11. The molecule has 0 aliphatic heterocycles. The Morgan fingerprint density at radius 3 is 2.55 bits per heavy atom. The summed E-state index contributed by atoms with van der Waals surface area (Å²) in [5.74, 6) is -1.11. The van der Waals surface area contributed by atoms with Crippen molar-refractivity contribution in [3.8, 4) is 5.75 Å². The van der Waals surface area contributed by atoms with Gasteiger partial charge in [0.05, 0.1) is 17.8 Å². The van der Waals surface area contributed by atoms with Crippen molar-refractivity contribution in [1.29, 1.82) is 0 Å². The number of ether oxygens (including phenoxy) is 2. The molecule has 0 bridgehead atoms. The highest BCUT2D eigenvalue weighted by Gasteiger charge is 2.22. The summed E-state index contributed by atoms with van der Waals surface area (Å²) in [7, 11) is 1.59. The highest BCUT2D eigenvalue weighted by molar-refractivity contribution is 6.04. The molecule has 4 aromatic rings. The lowest BCUT2D eigenvalue weighted by Gasteiger charge is -2.15. The first-order chi connectivity index (χ1) is 21.2. The van der Waals surface area contributed by atoms with Crippen molar-refractivity contribution < 1.29 is 28.2 Å². The van der Waals surface area contributed by atoms with Crippen molar-refractivity contribution in [1.82, 2.24) is 24.8 Å². The number of rotatable bonds is 16. The molecule has 234 valence electrons. The quantitative estimate of drug-likeness (QED) is 0.141. The summed E-state index contributed by atoms with van der Waals surface area (Å²) < 4.78 is 27.4. The zero-order valence-electron chi connectivity index (χ0n) is 25.0. The van der Waals surface area contributed by atoms with Crippen LogP contribution in [0.15, 0.2) is 42.5 Å². The van der Waals surface area contributed by atoms with Gasteiger partial charge in [0.1, 0.15) is 22.8 Å². The molecule has 2 heterocycles. The van der Waals surface area contributed by atoms with Gasteiger partial charge in [0.15, 0.2) is 0 Å². The molecular weight excluding hydrogens is 571 g/mol. The summed E-state index contributed by atoms with van der Waals surface area (Å²) >= 11 is 0. The fourth-order valence-electron chi connectivity index (χ4n) is 4.51. The zero-order valence-corrected chi connectivity index (χ0v) is 25.0. The van der Waals surface area contributed by atoms with Crippen LogP contribution in [0.5, 0.6) is 5.75 Å². The van der Waals surface area contributed by atoms with Crippen molar-refractivity contribution in [2.45, 2.75) is 46.2 Å². The lowest BCUT2D eigenvalue weighted by Crippen LogP contribution is -2.26. The van der Waals surface area contributed by atoms with E-state index in [1.807, 2.05) is 6.92 Å². The maximum Gasteiger partial charge on any atom is 0.276 e. The van der Waals surface area contributed by atoms with Crippen molar-refractivity contribution in [2.24, 2.45) is 5.73 Å². The first-order valence-electron chi connectivity index (χ1n) is 14.3. The van der Waals surface area contributed by atoms with E-state index >= 15 is 0 Å². The van der Waals surface area contributed by atoms with E-state index in [2.05, 4.69) is 26.1 Å². The number of methoxy groups -OCH3 is 1. The molecule has 0 aliphatic carbocycles. The molecule has 44 heavy (non-hydrogen) atoms. The molecule has 0 spiro atoms. The van der Waals surface area contributed by atoms with Crippen LogP contribution in [0.1, 0.15) is 58.3 Å². The molecular formula is C30H37FN8O5. The van der Waals surface area contributed by atoms with Crippen LogP contribution in [0.25, 0.3) is 11.0 Å². The van der Waals surface area contributed by atoms with Crippen molar-refractivity contribution in [2.75, 3.05) is 37.6 Å². The van der Waals surface area contributed by atoms with Crippen LogP contribution in [0.4, 0.5) is 10.3 Å². The van der Waals surface area contributed by atoms with Crippen LogP contribution >= 0.6 is 0 Å². The van der Waals surface area contributed by atoms with Gasteiger partial charge in [-0.2, -0.15) is 5.10 Å². The van der Waals surface area contributed by atoms with Gasteiger partial charge in [-0.25, -0.2) is 14.1 Å². The number of anilines is 1. The first kappa shape index (κ1) is 31.9. The number of hydrogen-bond donors (Lipinski definition) is 4. The fourth-order valence-corrected chi connectivity index (χ4v) is 4.51. The lowest BCUT2D eigenvalue weighted by atomic mass is 10.1. The summed E-state index contributed by atoms with van der Waals surface area (Å²) in [6.07, 6.45) is 1.24. The number of halogens is 1. The molecule has 0 aliphatic rings. The molecule has 0 radical (unpaired) electrons.